The van der Waals surface area contributed by atoms with Gasteiger partial charge in [0, 0.05) is 16.9 Å². The van der Waals surface area contributed by atoms with Crippen LogP contribution in [-0.4, -0.2) is 23.1 Å². The minimum absolute atomic E-state index is 0.553. The van der Waals surface area contributed by atoms with E-state index in [0.29, 0.717) is 18.2 Å². The van der Waals surface area contributed by atoms with E-state index in [2.05, 4.69) is 54.3 Å². The minimum atomic E-state index is 0.553. The van der Waals surface area contributed by atoms with Crippen LogP contribution in [0.25, 0.3) is 0 Å². The fourth-order valence-corrected chi connectivity index (χ4v) is 5.76. The molecule has 1 saturated heterocycles. The second-order valence-electron chi connectivity index (χ2n) is 8.29. The Balaban J connectivity index is 2.08. The lowest BCUT2D eigenvalue weighted by Gasteiger charge is -2.32. The standard InChI is InChI=1S/C21H41BrN2/c1-5-9-15(7-3)19-20(16(8-4)10-6-2)24-21(23-19)17-11-13-18(22)14-12-17/h15-21,23-24H,5-14H2,1-4H3. The molecule has 1 saturated carbocycles. The largest absolute Gasteiger partial charge is 0.297 e. The van der Waals surface area contributed by atoms with Crippen molar-refractivity contribution in [2.24, 2.45) is 17.8 Å². The highest BCUT2D eigenvalue weighted by atomic mass is 79.9. The van der Waals surface area contributed by atoms with Gasteiger partial charge in [0.05, 0.1) is 6.17 Å². The van der Waals surface area contributed by atoms with Gasteiger partial charge in [-0.1, -0.05) is 69.3 Å². The summed E-state index contributed by atoms with van der Waals surface area (Å²) >= 11 is 3.82. The lowest BCUT2D eigenvalue weighted by molar-refractivity contribution is 0.252. The second kappa shape index (κ2) is 10.5. The molecule has 142 valence electrons. The van der Waals surface area contributed by atoms with E-state index in [1.54, 1.807) is 0 Å². The molecule has 4 atom stereocenters. The predicted octanol–water partition coefficient (Wildman–Crippen LogP) is 5.85. The maximum atomic E-state index is 4.11. The van der Waals surface area contributed by atoms with Crippen LogP contribution >= 0.6 is 15.9 Å². The molecule has 1 aliphatic heterocycles. The van der Waals surface area contributed by atoms with Crippen LogP contribution in [0, 0.1) is 17.8 Å². The number of hydrogen-bond acceptors (Lipinski definition) is 2. The van der Waals surface area contributed by atoms with E-state index in [1.807, 2.05) is 0 Å². The van der Waals surface area contributed by atoms with Crippen molar-refractivity contribution < 1.29 is 0 Å². The lowest BCUT2D eigenvalue weighted by Crippen LogP contribution is -2.44. The molecule has 2 nitrogen and oxygen atoms in total. The molecule has 0 bridgehead atoms. The van der Waals surface area contributed by atoms with E-state index in [1.165, 1.54) is 64.2 Å². The third kappa shape index (κ3) is 5.20. The molecule has 2 aliphatic rings. The van der Waals surface area contributed by atoms with Gasteiger partial charge < -0.3 is 0 Å². The van der Waals surface area contributed by atoms with Gasteiger partial charge in [0.1, 0.15) is 0 Å². The van der Waals surface area contributed by atoms with Gasteiger partial charge in [0.15, 0.2) is 0 Å². The molecule has 0 radical (unpaired) electrons. The summed E-state index contributed by atoms with van der Waals surface area (Å²) in [5.41, 5.74) is 0. The van der Waals surface area contributed by atoms with Crippen molar-refractivity contribution in [1.82, 2.24) is 10.6 Å². The summed E-state index contributed by atoms with van der Waals surface area (Å²) in [5, 5.41) is 8.22. The van der Waals surface area contributed by atoms with Crippen LogP contribution in [0.2, 0.25) is 0 Å². The van der Waals surface area contributed by atoms with Gasteiger partial charge in [-0.3, -0.25) is 10.6 Å². The van der Waals surface area contributed by atoms with Crippen molar-refractivity contribution in [1.29, 1.82) is 0 Å². The summed E-state index contributed by atoms with van der Waals surface area (Å²) in [4.78, 5) is 0.758. The smallest absolute Gasteiger partial charge is 0.0606 e. The predicted molar refractivity (Wildman–Crippen MR) is 110 cm³/mol. The molecule has 4 unspecified atom stereocenters. The Kier molecular flexibility index (Phi) is 9.08. The molecular formula is C21H41BrN2. The first-order valence-corrected chi connectivity index (χ1v) is 11.7. The van der Waals surface area contributed by atoms with Gasteiger partial charge in [0.25, 0.3) is 0 Å². The van der Waals surface area contributed by atoms with Crippen molar-refractivity contribution >= 4 is 15.9 Å². The number of halogens is 1. The molecule has 0 aromatic carbocycles. The van der Waals surface area contributed by atoms with E-state index in [9.17, 15) is 0 Å². The number of hydrogen-bond donors (Lipinski definition) is 2. The molecule has 0 aromatic rings. The van der Waals surface area contributed by atoms with Crippen LogP contribution in [0.4, 0.5) is 0 Å². The number of nitrogens with one attached hydrogen (secondary N) is 2. The highest BCUT2D eigenvalue weighted by molar-refractivity contribution is 9.09. The molecule has 1 aliphatic carbocycles. The maximum absolute atomic E-state index is 4.11. The molecule has 1 heterocycles. The molecular weight excluding hydrogens is 360 g/mol. The Morgan fingerprint density at radius 1 is 0.792 bits per heavy atom. The van der Waals surface area contributed by atoms with Crippen LogP contribution in [0.3, 0.4) is 0 Å². The van der Waals surface area contributed by atoms with E-state index in [0.717, 1.165) is 22.6 Å². The average Bonchev–Trinajstić information content (AvgIpc) is 3.03. The van der Waals surface area contributed by atoms with Crippen LogP contribution in [0.5, 0.6) is 0 Å². The maximum Gasteiger partial charge on any atom is 0.0606 e. The Hall–Kier alpha value is 0.400. The Morgan fingerprint density at radius 2 is 1.25 bits per heavy atom. The summed E-state index contributed by atoms with van der Waals surface area (Å²) in [6.45, 7) is 9.47. The van der Waals surface area contributed by atoms with Gasteiger partial charge in [-0.15, -0.1) is 0 Å². The zero-order valence-corrected chi connectivity index (χ0v) is 18.1. The summed E-state index contributed by atoms with van der Waals surface area (Å²) < 4.78 is 0. The van der Waals surface area contributed by atoms with E-state index in [-0.39, 0.29) is 0 Å². The number of rotatable bonds is 9. The van der Waals surface area contributed by atoms with E-state index < -0.39 is 0 Å². The Bertz CT molecular complexity index is 319. The first-order valence-electron chi connectivity index (χ1n) is 10.8. The molecule has 3 heteroatoms. The average molecular weight is 401 g/mol. The van der Waals surface area contributed by atoms with Crippen molar-refractivity contribution in [2.45, 2.75) is 115 Å². The fraction of sp³-hybridized carbons (Fsp3) is 1.00. The number of alkyl halides is 1. The highest BCUT2D eigenvalue weighted by Gasteiger charge is 2.43. The van der Waals surface area contributed by atoms with Crippen LogP contribution in [0.1, 0.15) is 91.9 Å². The van der Waals surface area contributed by atoms with Gasteiger partial charge in [-0.25, -0.2) is 0 Å². The van der Waals surface area contributed by atoms with E-state index >= 15 is 0 Å². The first kappa shape index (κ1) is 20.7. The fourth-order valence-electron chi connectivity index (χ4n) is 5.23. The topological polar surface area (TPSA) is 24.1 Å². The van der Waals surface area contributed by atoms with Crippen LogP contribution in [-0.2, 0) is 0 Å². The van der Waals surface area contributed by atoms with Crippen LogP contribution < -0.4 is 10.6 Å². The SMILES string of the molecule is CCCC(CC)C1NC(C2CCC(Br)CC2)NC1C(CC)CCC. The molecule has 0 aromatic heterocycles. The highest BCUT2D eigenvalue weighted by Crippen LogP contribution is 2.35. The molecule has 2 fully saturated rings. The van der Waals surface area contributed by atoms with Gasteiger partial charge in [-0.2, -0.15) is 0 Å². The first-order chi connectivity index (χ1) is 11.6. The van der Waals surface area contributed by atoms with Crippen LogP contribution in [0.15, 0.2) is 0 Å². The normalized spacial score (nSPS) is 36.6. The van der Waals surface area contributed by atoms with Crippen molar-refractivity contribution in [2.75, 3.05) is 0 Å². The molecule has 24 heavy (non-hydrogen) atoms. The molecule has 2 N–H and O–H groups in total. The molecule has 0 amide bonds. The zero-order chi connectivity index (χ0) is 17.5. The van der Waals surface area contributed by atoms with Crippen molar-refractivity contribution in [3.05, 3.63) is 0 Å². The quantitative estimate of drug-likeness (QED) is 0.474. The van der Waals surface area contributed by atoms with Gasteiger partial charge in [0.2, 0.25) is 0 Å². The monoisotopic (exact) mass is 400 g/mol. The van der Waals surface area contributed by atoms with Crippen molar-refractivity contribution in [3.8, 4) is 0 Å². The van der Waals surface area contributed by atoms with E-state index in [4.69, 9.17) is 0 Å². The third-order valence-corrected chi connectivity index (χ3v) is 7.60. The van der Waals surface area contributed by atoms with Gasteiger partial charge >= 0.3 is 0 Å². The van der Waals surface area contributed by atoms with Gasteiger partial charge in [-0.05, 0) is 56.3 Å². The second-order valence-corrected chi connectivity index (χ2v) is 9.58. The lowest BCUT2D eigenvalue weighted by atomic mass is 9.80. The minimum Gasteiger partial charge on any atom is -0.297 e. The summed E-state index contributed by atoms with van der Waals surface area (Å²) in [6, 6.07) is 1.36. The third-order valence-electron chi connectivity index (χ3n) is 6.69. The molecule has 2 rings (SSSR count). The summed E-state index contributed by atoms with van der Waals surface area (Å²) in [7, 11) is 0. The Morgan fingerprint density at radius 3 is 1.62 bits per heavy atom. The van der Waals surface area contributed by atoms with Crippen molar-refractivity contribution in [3.63, 3.8) is 0 Å². The summed E-state index contributed by atoms with van der Waals surface area (Å²) in [6.07, 6.45) is 14.0. The Labute approximate surface area is 159 Å². The molecule has 0 spiro atoms. The zero-order valence-electron chi connectivity index (χ0n) is 16.5. The summed E-state index contributed by atoms with van der Waals surface area (Å²) in [5.74, 6) is 2.48.